The third-order valence-corrected chi connectivity index (χ3v) is 3.65. The van der Waals surface area contributed by atoms with Gasteiger partial charge in [-0.3, -0.25) is 0 Å². The summed E-state index contributed by atoms with van der Waals surface area (Å²) in [7, 11) is 2.04. The molecule has 1 heterocycles. The smallest absolute Gasteiger partial charge is 0.135 e. The van der Waals surface area contributed by atoms with Gasteiger partial charge in [0.1, 0.15) is 12.1 Å². The quantitative estimate of drug-likeness (QED) is 0.817. The number of thiocarbonyl (C=S) groups is 1. The van der Waals surface area contributed by atoms with Gasteiger partial charge < -0.3 is 10.6 Å². The first-order chi connectivity index (χ1) is 8.09. The molecule has 2 rings (SSSR count). The van der Waals surface area contributed by atoms with Gasteiger partial charge in [-0.05, 0) is 19.3 Å². The van der Waals surface area contributed by atoms with Gasteiger partial charge in [0.15, 0.2) is 0 Å². The third-order valence-electron chi connectivity index (χ3n) is 3.25. The van der Waals surface area contributed by atoms with Crippen LogP contribution in [0.4, 0.5) is 5.82 Å². The fourth-order valence-electron chi connectivity index (χ4n) is 2.26. The molecule has 0 aliphatic heterocycles. The van der Waals surface area contributed by atoms with E-state index in [-0.39, 0.29) is 5.92 Å². The van der Waals surface area contributed by atoms with Crippen LogP contribution in [-0.2, 0) is 12.8 Å². The molecule has 1 aliphatic carbocycles. The SMILES string of the molecule is CC(CN(C)c1ncnc2c1CCC2)C(N)=S. The van der Waals surface area contributed by atoms with E-state index in [2.05, 4.69) is 14.9 Å². The summed E-state index contributed by atoms with van der Waals surface area (Å²) < 4.78 is 0. The zero-order chi connectivity index (χ0) is 12.4. The second kappa shape index (κ2) is 4.96. The van der Waals surface area contributed by atoms with Crippen LogP contribution in [0.15, 0.2) is 6.33 Å². The fourth-order valence-corrected chi connectivity index (χ4v) is 2.33. The Labute approximate surface area is 107 Å². The van der Waals surface area contributed by atoms with Crippen molar-refractivity contribution in [2.24, 2.45) is 11.7 Å². The first-order valence-corrected chi connectivity index (χ1v) is 6.33. The molecule has 0 saturated carbocycles. The van der Waals surface area contributed by atoms with Crippen LogP contribution >= 0.6 is 12.2 Å². The lowest BCUT2D eigenvalue weighted by Gasteiger charge is -2.23. The van der Waals surface area contributed by atoms with Crippen LogP contribution in [0.1, 0.15) is 24.6 Å². The Morgan fingerprint density at radius 3 is 3.00 bits per heavy atom. The summed E-state index contributed by atoms with van der Waals surface area (Å²) in [6.45, 7) is 2.85. The molecule has 92 valence electrons. The number of anilines is 1. The number of hydrogen-bond acceptors (Lipinski definition) is 4. The lowest BCUT2D eigenvalue weighted by molar-refractivity contribution is 0.730. The molecule has 1 atom stereocenters. The Morgan fingerprint density at radius 2 is 2.29 bits per heavy atom. The van der Waals surface area contributed by atoms with Crippen molar-refractivity contribution in [3.8, 4) is 0 Å². The molecule has 1 aromatic rings. The van der Waals surface area contributed by atoms with E-state index < -0.39 is 0 Å². The highest BCUT2D eigenvalue weighted by atomic mass is 32.1. The van der Waals surface area contributed by atoms with E-state index in [9.17, 15) is 0 Å². The minimum absolute atomic E-state index is 0.196. The van der Waals surface area contributed by atoms with E-state index in [1.807, 2.05) is 14.0 Å². The number of aryl methyl sites for hydroxylation is 1. The molecule has 1 aliphatic rings. The number of nitrogens with two attached hydrogens (primary N) is 1. The van der Waals surface area contributed by atoms with E-state index in [0.29, 0.717) is 4.99 Å². The molecular formula is C12H18N4S. The van der Waals surface area contributed by atoms with Crippen molar-refractivity contribution in [1.82, 2.24) is 9.97 Å². The van der Waals surface area contributed by atoms with Gasteiger partial charge in [0.05, 0.1) is 4.99 Å². The van der Waals surface area contributed by atoms with Crippen LogP contribution in [0.3, 0.4) is 0 Å². The molecule has 1 unspecified atom stereocenters. The summed E-state index contributed by atoms with van der Waals surface area (Å²) in [5.41, 5.74) is 8.14. The second-order valence-corrected chi connectivity index (χ2v) is 5.13. The highest BCUT2D eigenvalue weighted by molar-refractivity contribution is 7.80. The Balaban J connectivity index is 2.17. The molecule has 5 heteroatoms. The third kappa shape index (κ3) is 2.54. The predicted molar refractivity (Wildman–Crippen MR) is 73.3 cm³/mol. The van der Waals surface area contributed by atoms with Crippen LogP contribution in [-0.4, -0.2) is 28.5 Å². The maximum atomic E-state index is 5.65. The predicted octanol–water partition coefficient (Wildman–Crippen LogP) is 1.32. The minimum atomic E-state index is 0.196. The summed E-state index contributed by atoms with van der Waals surface area (Å²) in [5.74, 6) is 1.23. The van der Waals surface area contributed by atoms with E-state index in [1.54, 1.807) is 6.33 Å². The fraction of sp³-hybridized carbons (Fsp3) is 0.583. The largest absolute Gasteiger partial charge is 0.393 e. The van der Waals surface area contributed by atoms with E-state index in [1.165, 1.54) is 17.7 Å². The van der Waals surface area contributed by atoms with Crippen LogP contribution in [0.2, 0.25) is 0 Å². The van der Waals surface area contributed by atoms with Gasteiger partial charge in [0.2, 0.25) is 0 Å². The zero-order valence-corrected chi connectivity index (χ0v) is 11.1. The van der Waals surface area contributed by atoms with Crippen molar-refractivity contribution < 1.29 is 0 Å². The number of aromatic nitrogens is 2. The van der Waals surface area contributed by atoms with Gasteiger partial charge in [-0.25, -0.2) is 9.97 Å². The van der Waals surface area contributed by atoms with Crippen molar-refractivity contribution in [2.75, 3.05) is 18.5 Å². The molecule has 0 radical (unpaired) electrons. The van der Waals surface area contributed by atoms with Gasteiger partial charge in [0.25, 0.3) is 0 Å². The Morgan fingerprint density at radius 1 is 1.53 bits per heavy atom. The maximum Gasteiger partial charge on any atom is 0.135 e. The lowest BCUT2D eigenvalue weighted by Crippen LogP contribution is -2.32. The summed E-state index contributed by atoms with van der Waals surface area (Å²) in [5, 5.41) is 0. The van der Waals surface area contributed by atoms with Crippen molar-refractivity contribution in [2.45, 2.75) is 26.2 Å². The Bertz CT molecular complexity index is 433. The zero-order valence-electron chi connectivity index (χ0n) is 10.3. The standard InChI is InChI=1S/C12H18N4S/c1-8(11(13)17)6-16(2)12-9-4-3-5-10(9)14-7-15-12/h7-8H,3-6H2,1-2H3,(H2,13,17). The minimum Gasteiger partial charge on any atom is -0.393 e. The monoisotopic (exact) mass is 250 g/mol. The molecule has 2 N–H and O–H groups in total. The number of fused-ring (bicyclic) bond motifs is 1. The molecule has 1 aromatic heterocycles. The average Bonchev–Trinajstić information content (AvgIpc) is 2.76. The molecule has 0 fully saturated rings. The Kier molecular flexibility index (Phi) is 3.57. The lowest BCUT2D eigenvalue weighted by atomic mass is 10.1. The molecular weight excluding hydrogens is 232 g/mol. The van der Waals surface area contributed by atoms with Gasteiger partial charge in [-0.1, -0.05) is 19.1 Å². The normalized spacial score (nSPS) is 15.4. The molecule has 4 nitrogen and oxygen atoms in total. The number of hydrogen-bond donors (Lipinski definition) is 1. The van der Waals surface area contributed by atoms with Crippen LogP contribution < -0.4 is 10.6 Å². The van der Waals surface area contributed by atoms with Crippen LogP contribution in [0.5, 0.6) is 0 Å². The van der Waals surface area contributed by atoms with Crippen molar-refractivity contribution in [3.05, 3.63) is 17.6 Å². The molecule has 0 bridgehead atoms. The van der Waals surface area contributed by atoms with E-state index >= 15 is 0 Å². The van der Waals surface area contributed by atoms with Gasteiger partial charge >= 0.3 is 0 Å². The Hall–Kier alpha value is -1.23. The van der Waals surface area contributed by atoms with Gasteiger partial charge in [-0.15, -0.1) is 0 Å². The van der Waals surface area contributed by atoms with Crippen molar-refractivity contribution in [3.63, 3.8) is 0 Å². The number of nitrogens with zero attached hydrogens (tertiary/aromatic N) is 3. The summed E-state index contributed by atoms with van der Waals surface area (Å²) in [4.78, 5) is 11.4. The molecule has 0 spiro atoms. The highest BCUT2D eigenvalue weighted by Gasteiger charge is 2.20. The second-order valence-electron chi connectivity index (χ2n) is 4.66. The first-order valence-electron chi connectivity index (χ1n) is 5.92. The van der Waals surface area contributed by atoms with Crippen molar-refractivity contribution in [1.29, 1.82) is 0 Å². The average molecular weight is 250 g/mol. The van der Waals surface area contributed by atoms with Gasteiger partial charge in [0, 0.05) is 30.8 Å². The maximum absolute atomic E-state index is 5.65. The van der Waals surface area contributed by atoms with E-state index in [4.69, 9.17) is 18.0 Å². The van der Waals surface area contributed by atoms with Gasteiger partial charge in [-0.2, -0.15) is 0 Å². The highest BCUT2D eigenvalue weighted by Crippen LogP contribution is 2.27. The molecule has 0 aromatic carbocycles. The molecule has 17 heavy (non-hydrogen) atoms. The van der Waals surface area contributed by atoms with Crippen molar-refractivity contribution >= 4 is 23.0 Å². The summed E-state index contributed by atoms with van der Waals surface area (Å²) >= 11 is 5.00. The van der Waals surface area contributed by atoms with Crippen LogP contribution in [0, 0.1) is 5.92 Å². The van der Waals surface area contributed by atoms with E-state index in [0.717, 1.165) is 25.2 Å². The molecule has 0 amide bonds. The number of rotatable bonds is 4. The molecule has 0 saturated heterocycles. The first kappa shape index (κ1) is 12.2. The summed E-state index contributed by atoms with van der Waals surface area (Å²) in [6.07, 6.45) is 4.99. The summed E-state index contributed by atoms with van der Waals surface area (Å²) in [6, 6.07) is 0. The topological polar surface area (TPSA) is 55.0 Å². The van der Waals surface area contributed by atoms with Crippen LogP contribution in [0.25, 0.3) is 0 Å².